The van der Waals surface area contributed by atoms with E-state index in [1.165, 1.54) is 44.9 Å². The molecular formula is C17H30O4. The maximum absolute atomic E-state index is 11.5. The fourth-order valence-electron chi connectivity index (χ4n) is 3.07. The zero-order valence-corrected chi connectivity index (χ0v) is 13.5. The average molecular weight is 298 g/mol. The Morgan fingerprint density at radius 2 is 1.57 bits per heavy atom. The maximum Gasteiger partial charge on any atom is 0.311 e. The van der Waals surface area contributed by atoms with Gasteiger partial charge in [0.1, 0.15) is 12.0 Å². The SMILES string of the molecule is CCCCCCCCCCC[C@@H]1OC(=O)C(C)[C@H]1C(=O)O. The highest BCUT2D eigenvalue weighted by atomic mass is 16.6. The number of hydrogen-bond donors (Lipinski definition) is 1. The second-order valence-electron chi connectivity index (χ2n) is 6.25. The molecule has 4 heteroatoms. The van der Waals surface area contributed by atoms with Crippen LogP contribution in [-0.4, -0.2) is 23.1 Å². The van der Waals surface area contributed by atoms with E-state index < -0.39 is 23.9 Å². The predicted octanol–water partition coefficient (Wildman–Crippen LogP) is 4.17. The summed E-state index contributed by atoms with van der Waals surface area (Å²) in [4.78, 5) is 22.7. The molecule has 0 amide bonds. The topological polar surface area (TPSA) is 63.6 Å². The summed E-state index contributed by atoms with van der Waals surface area (Å²) in [6.07, 6.45) is 11.3. The van der Waals surface area contributed by atoms with Gasteiger partial charge in [-0.1, -0.05) is 65.2 Å². The van der Waals surface area contributed by atoms with E-state index in [9.17, 15) is 14.7 Å². The summed E-state index contributed by atoms with van der Waals surface area (Å²) in [5.74, 6) is -2.43. The van der Waals surface area contributed by atoms with Gasteiger partial charge in [0.15, 0.2) is 0 Å². The summed E-state index contributed by atoms with van der Waals surface area (Å²) < 4.78 is 5.20. The summed E-state index contributed by atoms with van der Waals surface area (Å²) in [7, 11) is 0. The van der Waals surface area contributed by atoms with Crippen LogP contribution in [0.2, 0.25) is 0 Å². The van der Waals surface area contributed by atoms with E-state index in [2.05, 4.69) is 6.92 Å². The first-order chi connectivity index (χ1) is 10.1. The van der Waals surface area contributed by atoms with E-state index in [0.29, 0.717) is 6.42 Å². The number of hydrogen-bond acceptors (Lipinski definition) is 3. The van der Waals surface area contributed by atoms with Crippen LogP contribution >= 0.6 is 0 Å². The van der Waals surface area contributed by atoms with Crippen LogP contribution in [0.4, 0.5) is 0 Å². The number of cyclic esters (lactones) is 1. The van der Waals surface area contributed by atoms with Crippen LogP contribution in [0.3, 0.4) is 0 Å². The molecule has 1 heterocycles. The molecule has 0 aromatic heterocycles. The van der Waals surface area contributed by atoms with Gasteiger partial charge in [-0.25, -0.2) is 0 Å². The van der Waals surface area contributed by atoms with E-state index >= 15 is 0 Å². The van der Waals surface area contributed by atoms with Gasteiger partial charge in [-0.2, -0.15) is 0 Å². The Labute approximate surface area is 128 Å². The lowest BCUT2D eigenvalue weighted by molar-refractivity contribution is -0.144. The number of carbonyl (C=O) groups is 2. The van der Waals surface area contributed by atoms with Gasteiger partial charge >= 0.3 is 11.9 Å². The first kappa shape index (κ1) is 18.0. The van der Waals surface area contributed by atoms with Crippen molar-refractivity contribution in [2.75, 3.05) is 0 Å². The smallest absolute Gasteiger partial charge is 0.311 e. The Morgan fingerprint density at radius 3 is 2.10 bits per heavy atom. The molecule has 1 fully saturated rings. The number of ether oxygens (including phenoxy) is 1. The van der Waals surface area contributed by atoms with Gasteiger partial charge in [0.2, 0.25) is 0 Å². The Bertz CT molecular complexity index is 327. The van der Waals surface area contributed by atoms with Crippen LogP contribution in [0.15, 0.2) is 0 Å². The minimum atomic E-state index is -0.908. The molecule has 0 aliphatic carbocycles. The predicted molar refractivity (Wildman–Crippen MR) is 82.0 cm³/mol. The lowest BCUT2D eigenvalue weighted by atomic mass is 9.89. The number of unbranched alkanes of at least 4 members (excludes halogenated alkanes) is 8. The largest absolute Gasteiger partial charge is 0.481 e. The number of carboxylic acids is 1. The molecule has 3 atom stereocenters. The lowest BCUT2D eigenvalue weighted by Crippen LogP contribution is -2.27. The van der Waals surface area contributed by atoms with Crippen LogP contribution < -0.4 is 0 Å². The number of esters is 1. The van der Waals surface area contributed by atoms with Crippen LogP contribution in [0.1, 0.15) is 78.1 Å². The van der Waals surface area contributed by atoms with Crippen molar-refractivity contribution in [1.29, 1.82) is 0 Å². The highest BCUT2D eigenvalue weighted by Gasteiger charge is 2.45. The molecule has 0 aromatic rings. The van der Waals surface area contributed by atoms with Crippen molar-refractivity contribution in [1.82, 2.24) is 0 Å². The molecule has 1 saturated heterocycles. The summed E-state index contributed by atoms with van der Waals surface area (Å²) >= 11 is 0. The summed E-state index contributed by atoms with van der Waals surface area (Å²) in [5, 5.41) is 9.18. The molecule has 1 rings (SSSR count). The van der Waals surface area contributed by atoms with Crippen molar-refractivity contribution < 1.29 is 19.4 Å². The van der Waals surface area contributed by atoms with Gasteiger partial charge in [-0.05, 0) is 12.8 Å². The Hall–Kier alpha value is -1.06. The number of rotatable bonds is 11. The maximum atomic E-state index is 11.5. The quantitative estimate of drug-likeness (QED) is 0.459. The molecule has 0 radical (unpaired) electrons. The van der Waals surface area contributed by atoms with Crippen molar-refractivity contribution in [3.8, 4) is 0 Å². The van der Waals surface area contributed by atoms with Gasteiger partial charge in [0.25, 0.3) is 0 Å². The van der Waals surface area contributed by atoms with E-state index in [-0.39, 0.29) is 5.97 Å². The van der Waals surface area contributed by atoms with Crippen LogP contribution in [0.25, 0.3) is 0 Å². The van der Waals surface area contributed by atoms with Gasteiger partial charge in [0, 0.05) is 0 Å². The minimum absolute atomic E-state index is 0.358. The van der Waals surface area contributed by atoms with Crippen LogP contribution in [-0.2, 0) is 14.3 Å². The standard InChI is InChI=1S/C17H30O4/c1-3-4-5-6-7-8-9-10-11-12-14-15(16(18)19)13(2)17(20)21-14/h13-15H,3-12H2,1-2H3,(H,18,19)/t13?,14-,15+/m0/s1. The van der Waals surface area contributed by atoms with Crippen molar-refractivity contribution in [3.05, 3.63) is 0 Å². The molecule has 122 valence electrons. The molecule has 1 N–H and O–H groups in total. The zero-order valence-electron chi connectivity index (χ0n) is 13.5. The van der Waals surface area contributed by atoms with Crippen LogP contribution in [0.5, 0.6) is 0 Å². The third-order valence-electron chi connectivity index (χ3n) is 4.46. The third-order valence-corrected chi connectivity index (χ3v) is 4.46. The minimum Gasteiger partial charge on any atom is -0.481 e. The first-order valence-corrected chi connectivity index (χ1v) is 8.51. The number of carboxylic acid groups (broad SMARTS) is 1. The van der Waals surface area contributed by atoms with Crippen molar-refractivity contribution in [2.45, 2.75) is 84.2 Å². The molecule has 0 aromatic carbocycles. The van der Waals surface area contributed by atoms with Crippen molar-refractivity contribution >= 4 is 11.9 Å². The molecule has 1 aliphatic heterocycles. The highest BCUT2D eigenvalue weighted by molar-refractivity contribution is 5.84. The molecule has 0 spiro atoms. The summed E-state index contributed by atoms with van der Waals surface area (Å²) in [5.41, 5.74) is 0. The number of carbonyl (C=O) groups excluding carboxylic acids is 1. The molecule has 0 saturated carbocycles. The van der Waals surface area contributed by atoms with Gasteiger partial charge < -0.3 is 9.84 Å². The molecule has 4 nitrogen and oxygen atoms in total. The van der Waals surface area contributed by atoms with E-state index in [4.69, 9.17) is 4.74 Å². The number of aliphatic carboxylic acids is 1. The van der Waals surface area contributed by atoms with Crippen molar-refractivity contribution in [3.63, 3.8) is 0 Å². The second-order valence-corrected chi connectivity index (χ2v) is 6.25. The zero-order chi connectivity index (χ0) is 15.7. The molecule has 1 aliphatic rings. The van der Waals surface area contributed by atoms with Crippen molar-refractivity contribution in [2.24, 2.45) is 11.8 Å². The Balaban J connectivity index is 2.09. The fourth-order valence-corrected chi connectivity index (χ4v) is 3.07. The molecular weight excluding hydrogens is 268 g/mol. The van der Waals surface area contributed by atoms with Gasteiger partial charge in [-0.3, -0.25) is 9.59 Å². The fraction of sp³-hybridized carbons (Fsp3) is 0.882. The summed E-state index contributed by atoms with van der Waals surface area (Å²) in [6, 6.07) is 0. The lowest BCUT2D eigenvalue weighted by Gasteiger charge is -2.15. The van der Waals surface area contributed by atoms with E-state index in [1.54, 1.807) is 6.92 Å². The average Bonchev–Trinajstić information content (AvgIpc) is 2.72. The van der Waals surface area contributed by atoms with E-state index in [0.717, 1.165) is 12.8 Å². The molecule has 21 heavy (non-hydrogen) atoms. The Kier molecular flexibility index (Phi) is 8.40. The molecule has 1 unspecified atom stereocenters. The Morgan fingerprint density at radius 1 is 1.05 bits per heavy atom. The second kappa shape index (κ2) is 9.80. The monoisotopic (exact) mass is 298 g/mol. The first-order valence-electron chi connectivity index (χ1n) is 8.51. The normalized spacial score (nSPS) is 25.0. The van der Waals surface area contributed by atoms with E-state index in [1.807, 2.05) is 0 Å². The van der Waals surface area contributed by atoms with Gasteiger partial charge in [0.05, 0.1) is 5.92 Å². The highest BCUT2D eigenvalue weighted by Crippen LogP contribution is 2.31. The third kappa shape index (κ3) is 6.06. The van der Waals surface area contributed by atoms with Gasteiger partial charge in [-0.15, -0.1) is 0 Å². The molecule has 0 bridgehead atoms. The van der Waals surface area contributed by atoms with Crippen LogP contribution in [0, 0.1) is 11.8 Å². The summed E-state index contributed by atoms with van der Waals surface area (Å²) in [6.45, 7) is 3.87.